The highest BCUT2D eigenvalue weighted by molar-refractivity contribution is 4.91. The smallest absolute Gasteiger partial charge is 0.00976 e. The number of hydrogen-bond acceptors (Lipinski definition) is 1. The number of nitrogens with one attached hydrogen (secondary N) is 1. The van der Waals surface area contributed by atoms with E-state index in [0.29, 0.717) is 0 Å². The molecular weight excluding hydrogens is 218 g/mol. The van der Waals surface area contributed by atoms with E-state index in [-0.39, 0.29) is 0 Å². The van der Waals surface area contributed by atoms with Crippen molar-refractivity contribution < 1.29 is 0 Å². The van der Waals surface area contributed by atoms with Crippen LogP contribution in [0.5, 0.6) is 0 Å². The van der Waals surface area contributed by atoms with E-state index in [1.807, 2.05) is 0 Å². The topological polar surface area (TPSA) is 12.0 Å². The molecule has 0 saturated heterocycles. The van der Waals surface area contributed by atoms with Gasteiger partial charge in [0, 0.05) is 6.04 Å². The first-order valence-electron chi connectivity index (χ1n) is 8.20. The van der Waals surface area contributed by atoms with Crippen molar-refractivity contribution in [2.45, 2.75) is 72.8 Å². The fraction of sp³-hybridized carbons (Fsp3) is 1.00. The van der Waals surface area contributed by atoms with Gasteiger partial charge in [-0.15, -0.1) is 0 Å². The average Bonchev–Trinajstić information content (AvgIpc) is 2.79. The Hall–Kier alpha value is -0.0400. The van der Waals surface area contributed by atoms with Gasteiger partial charge in [-0.05, 0) is 55.9 Å². The van der Waals surface area contributed by atoms with Crippen molar-refractivity contribution in [1.82, 2.24) is 5.32 Å². The molecule has 1 saturated carbocycles. The Morgan fingerprint density at radius 3 is 2.11 bits per heavy atom. The molecule has 0 aromatic carbocycles. The van der Waals surface area contributed by atoms with Gasteiger partial charge in [0.25, 0.3) is 0 Å². The Morgan fingerprint density at radius 1 is 1.06 bits per heavy atom. The monoisotopic (exact) mass is 253 g/mol. The van der Waals surface area contributed by atoms with Gasteiger partial charge in [-0.1, -0.05) is 47.5 Å². The van der Waals surface area contributed by atoms with Crippen LogP contribution in [0.2, 0.25) is 0 Å². The van der Waals surface area contributed by atoms with Crippen molar-refractivity contribution in [3.05, 3.63) is 0 Å². The van der Waals surface area contributed by atoms with Gasteiger partial charge in [0.15, 0.2) is 0 Å². The maximum Gasteiger partial charge on any atom is 0.00976 e. The molecule has 0 radical (unpaired) electrons. The van der Waals surface area contributed by atoms with Crippen LogP contribution < -0.4 is 5.32 Å². The van der Waals surface area contributed by atoms with Crippen LogP contribution in [-0.4, -0.2) is 13.1 Å². The molecule has 1 heteroatoms. The minimum atomic E-state index is 0.765. The normalized spacial score (nSPS) is 31.8. The maximum atomic E-state index is 3.57. The second-order valence-corrected chi connectivity index (χ2v) is 6.95. The van der Waals surface area contributed by atoms with Gasteiger partial charge in [-0.3, -0.25) is 0 Å². The van der Waals surface area contributed by atoms with Crippen LogP contribution in [0.25, 0.3) is 0 Å². The van der Waals surface area contributed by atoms with Crippen molar-refractivity contribution in [3.63, 3.8) is 0 Å². The van der Waals surface area contributed by atoms with Gasteiger partial charge in [-0.2, -0.15) is 0 Å². The van der Waals surface area contributed by atoms with Crippen LogP contribution in [0, 0.1) is 29.6 Å². The van der Waals surface area contributed by atoms with Crippen LogP contribution in [0.3, 0.4) is 0 Å². The van der Waals surface area contributed by atoms with Crippen LogP contribution in [-0.2, 0) is 0 Å². The predicted molar refractivity (Wildman–Crippen MR) is 81.8 cm³/mol. The summed E-state index contributed by atoms with van der Waals surface area (Å²) >= 11 is 0. The van der Waals surface area contributed by atoms with Crippen molar-refractivity contribution in [1.29, 1.82) is 0 Å². The highest BCUT2D eigenvalue weighted by Gasteiger charge is 2.38. The zero-order valence-corrected chi connectivity index (χ0v) is 13.5. The zero-order valence-electron chi connectivity index (χ0n) is 13.5. The maximum absolute atomic E-state index is 3.57. The van der Waals surface area contributed by atoms with Crippen molar-refractivity contribution >= 4 is 0 Å². The molecule has 0 aliphatic heterocycles. The molecule has 0 spiro atoms. The standard InChI is InChI=1S/C17H35N/c1-7-13(5)9-14(8-2)15-10-16(12(3)4)17(11-15)18-6/h12-18H,7-11H2,1-6H3. The summed E-state index contributed by atoms with van der Waals surface area (Å²) < 4.78 is 0. The van der Waals surface area contributed by atoms with E-state index in [4.69, 9.17) is 0 Å². The van der Waals surface area contributed by atoms with Crippen molar-refractivity contribution in [2.75, 3.05) is 7.05 Å². The lowest BCUT2D eigenvalue weighted by Gasteiger charge is -2.25. The average molecular weight is 253 g/mol. The minimum absolute atomic E-state index is 0.765. The van der Waals surface area contributed by atoms with Crippen LogP contribution in [0.15, 0.2) is 0 Å². The Labute approximate surface area is 115 Å². The molecule has 0 aromatic rings. The lowest BCUT2D eigenvalue weighted by Crippen LogP contribution is -2.31. The first-order valence-corrected chi connectivity index (χ1v) is 8.20. The molecule has 0 aromatic heterocycles. The Bertz CT molecular complexity index is 224. The van der Waals surface area contributed by atoms with Gasteiger partial charge in [0.1, 0.15) is 0 Å². The van der Waals surface area contributed by atoms with E-state index >= 15 is 0 Å². The SMILES string of the molecule is CCC(C)CC(CC)C1CC(NC)C(C(C)C)C1. The molecule has 108 valence electrons. The fourth-order valence-corrected chi connectivity index (χ4v) is 3.94. The Kier molecular flexibility index (Phi) is 6.70. The highest BCUT2D eigenvalue weighted by Crippen LogP contribution is 2.42. The second-order valence-electron chi connectivity index (χ2n) is 6.95. The first kappa shape index (κ1) is 16.0. The molecule has 1 aliphatic rings. The van der Waals surface area contributed by atoms with Crippen LogP contribution >= 0.6 is 0 Å². The number of hydrogen-bond donors (Lipinski definition) is 1. The molecule has 1 aliphatic carbocycles. The van der Waals surface area contributed by atoms with Gasteiger partial charge >= 0.3 is 0 Å². The van der Waals surface area contributed by atoms with E-state index in [1.165, 1.54) is 32.1 Å². The summed E-state index contributed by atoms with van der Waals surface area (Å²) in [6.07, 6.45) is 7.02. The summed E-state index contributed by atoms with van der Waals surface area (Å²) in [7, 11) is 2.15. The summed E-state index contributed by atoms with van der Waals surface area (Å²) in [6.45, 7) is 11.9. The third-order valence-electron chi connectivity index (χ3n) is 5.47. The molecule has 18 heavy (non-hydrogen) atoms. The molecule has 0 amide bonds. The summed E-state index contributed by atoms with van der Waals surface area (Å²) in [5, 5.41) is 3.57. The van der Waals surface area contributed by atoms with E-state index in [1.54, 1.807) is 0 Å². The zero-order chi connectivity index (χ0) is 13.7. The van der Waals surface area contributed by atoms with Gasteiger partial charge < -0.3 is 5.32 Å². The first-order chi connectivity index (χ1) is 8.53. The molecule has 1 nitrogen and oxygen atoms in total. The molecule has 1 rings (SSSR count). The molecule has 1 fully saturated rings. The van der Waals surface area contributed by atoms with Gasteiger partial charge in [0.2, 0.25) is 0 Å². The molecule has 1 N–H and O–H groups in total. The Balaban J connectivity index is 2.60. The van der Waals surface area contributed by atoms with E-state index in [2.05, 4.69) is 47.0 Å². The molecular formula is C17H35N. The Morgan fingerprint density at radius 2 is 1.72 bits per heavy atom. The summed E-state index contributed by atoms with van der Waals surface area (Å²) in [4.78, 5) is 0. The molecule has 0 bridgehead atoms. The third kappa shape index (κ3) is 3.98. The molecule has 5 unspecified atom stereocenters. The third-order valence-corrected chi connectivity index (χ3v) is 5.47. The fourth-order valence-electron chi connectivity index (χ4n) is 3.94. The number of rotatable bonds is 7. The van der Waals surface area contributed by atoms with Crippen LogP contribution in [0.4, 0.5) is 0 Å². The van der Waals surface area contributed by atoms with Gasteiger partial charge in [0.05, 0.1) is 0 Å². The van der Waals surface area contributed by atoms with E-state index in [0.717, 1.165) is 35.6 Å². The van der Waals surface area contributed by atoms with E-state index < -0.39 is 0 Å². The second kappa shape index (κ2) is 7.53. The van der Waals surface area contributed by atoms with Crippen molar-refractivity contribution in [2.24, 2.45) is 29.6 Å². The molecule has 0 heterocycles. The molecule has 5 atom stereocenters. The lowest BCUT2D eigenvalue weighted by molar-refractivity contribution is 0.252. The summed E-state index contributed by atoms with van der Waals surface area (Å²) in [6, 6.07) is 0.765. The highest BCUT2D eigenvalue weighted by atomic mass is 14.9. The van der Waals surface area contributed by atoms with Crippen LogP contribution in [0.1, 0.15) is 66.7 Å². The lowest BCUT2D eigenvalue weighted by atomic mass is 9.80. The van der Waals surface area contributed by atoms with Crippen molar-refractivity contribution in [3.8, 4) is 0 Å². The summed E-state index contributed by atoms with van der Waals surface area (Å²) in [5.41, 5.74) is 0. The summed E-state index contributed by atoms with van der Waals surface area (Å²) in [5.74, 6) is 4.55. The van der Waals surface area contributed by atoms with E-state index in [9.17, 15) is 0 Å². The quantitative estimate of drug-likeness (QED) is 0.692. The van der Waals surface area contributed by atoms with Gasteiger partial charge in [-0.25, -0.2) is 0 Å². The largest absolute Gasteiger partial charge is 0.317 e. The minimum Gasteiger partial charge on any atom is -0.317 e. The predicted octanol–water partition coefficient (Wildman–Crippen LogP) is 4.72.